The lowest BCUT2D eigenvalue weighted by molar-refractivity contribution is -0.116. The maximum absolute atomic E-state index is 11.6. The van der Waals surface area contributed by atoms with Gasteiger partial charge >= 0.3 is 0 Å². The maximum atomic E-state index is 11.6. The van der Waals surface area contributed by atoms with E-state index < -0.39 is 0 Å². The highest BCUT2D eigenvalue weighted by Gasteiger charge is 2.16. The number of nitrogens with zero attached hydrogens (tertiary/aromatic N) is 2. The van der Waals surface area contributed by atoms with Crippen LogP contribution in [0.1, 0.15) is 12.5 Å². The smallest absolute Gasteiger partial charge is 0.244 e. The van der Waals surface area contributed by atoms with Gasteiger partial charge in [-0.2, -0.15) is 0 Å². The van der Waals surface area contributed by atoms with E-state index in [2.05, 4.69) is 45.4 Å². The van der Waals surface area contributed by atoms with Crippen molar-refractivity contribution in [2.75, 3.05) is 39.3 Å². The summed E-state index contributed by atoms with van der Waals surface area (Å²) in [6.45, 7) is 8.89. The molecule has 1 aliphatic rings. The molecule has 0 spiro atoms. The molecule has 0 saturated carbocycles. The molecule has 4 nitrogen and oxygen atoms in total. The van der Waals surface area contributed by atoms with E-state index >= 15 is 0 Å². The Labute approximate surface area is 139 Å². The summed E-state index contributed by atoms with van der Waals surface area (Å²) >= 11 is 0. The first-order valence-electron chi connectivity index (χ1n) is 8.34. The van der Waals surface area contributed by atoms with Crippen molar-refractivity contribution in [1.82, 2.24) is 15.1 Å². The van der Waals surface area contributed by atoms with Crippen LogP contribution < -0.4 is 5.32 Å². The van der Waals surface area contributed by atoms with E-state index in [1.54, 1.807) is 12.2 Å². The van der Waals surface area contributed by atoms with Gasteiger partial charge in [-0.3, -0.25) is 14.6 Å². The fourth-order valence-electron chi connectivity index (χ4n) is 2.66. The summed E-state index contributed by atoms with van der Waals surface area (Å²) in [6.07, 6.45) is 7.08. The minimum absolute atomic E-state index is 0.0224. The predicted octanol–water partition coefficient (Wildman–Crippen LogP) is 2.05. The van der Waals surface area contributed by atoms with Crippen molar-refractivity contribution in [3.63, 3.8) is 0 Å². The molecular weight excluding hydrogens is 286 g/mol. The van der Waals surface area contributed by atoms with Crippen LogP contribution in [0.4, 0.5) is 0 Å². The molecule has 1 heterocycles. The Morgan fingerprint density at radius 2 is 1.78 bits per heavy atom. The Morgan fingerprint density at radius 1 is 1.09 bits per heavy atom. The van der Waals surface area contributed by atoms with Gasteiger partial charge in [-0.25, -0.2) is 0 Å². The lowest BCUT2D eigenvalue weighted by Crippen LogP contribution is -2.47. The number of carbonyl (C=O) groups excluding carboxylic acids is 1. The number of benzene rings is 1. The van der Waals surface area contributed by atoms with Crippen LogP contribution in [0.25, 0.3) is 0 Å². The largest absolute Gasteiger partial charge is 0.351 e. The normalized spacial score (nSPS) is 17.1. The first-order valence-corrected chi connectivity index (χ1v) is 8.34. The number of hydrogen-bond donors (Lipinski definition) is 1. The average Bonchev–Trinajstić information content (AvgIpc) is 2.58. The summed E-state index contributed by atoms with van der Waals surface area (Å²) in [6, 6.07) is 10.6. The lowest BCUT2D eigenvalue weighted by atomic mass is 10.2. The molecule has 0 aromatic heterocycles. The van der Waals surface area contributed by atoms with Crippen LogP contribution in [0.15, 0.2) is 54.6 Å². The number of carbonyl (C=O) groups is 1. The fourth-order valence-corrected chi connectivity index (χ4v) is 2.66. The standard InChI is InChI=1S/C19H27N3O/c1-2-3-5-10-19(23)20-11-12-21-13-15-22(16-14-21)17-18-8-6-4-7-9-18/h2-10H,11-17H2,1H3,(H,20,23)/b3-2+,10-5+. The van der Waals surface area contributed by atoms with Crippen LogP contribution in [-0.2, 0) is 11.3 Å². The molecule has 2 rings (SSSR count). The van der Waals surface area contributed by atoms with Gasteiger partial charge in [-0.05, 0) is 12.5 Å². The minimum Gasteiger partial charge on any atom is -0.351 e. The van der Waals surface area contributed by atoms with Gasteiger partial charge in [0.25, 0.3) is 0 Å². The first-order chi connectivity index (χ1) is 11.3. The third-order valence-electron chi connectivity index (χ3n) is 3.99. The molecule has 23 heavy (non-hydrogen) atoms. The van der Waals surface area contributed by atoms with Gasteiger partial charge in [0.2, 0.25) is 5.91 Å². The maximum Gasteiger partial charge on any atom is 0.244 e. The van der Waals surface area contributed by atoms with Gasteiger partial charge in [0.1, 0.15) is 0 Å². The van der Waals surface area contributed by atoms with Crippen LogP contribution in [0.5, 0.6) is 0 Å². The Balaban J connectivity index is 1.60. The molecular formula is C19H27N3O. The van der Waals surface area contributed by atoms with E-state index in [9.17, 15) is 4.79 Å². The second kappa shape index (κ2) is 9.98. The predicted molar refractivity (Wildman–Crippen MR) is 95.1 cm³/mol. The van der Waals surface area contributed by atoms with Crippen LogP contribution in [0, 0.1) is 0 Å². The molecule has 0 radical (unpaired) electrons. The Morgan fingerprint density at radius 3 is 2.48 bits per heavy atom. The number of hydrogen-bond acceptors (Lipinski definition) is 3. The molecule has 1 aromatic rings. The highest BCUT2D eigenvalue weighted by molar-refractivity contribution is 5.87. The van der Waals surface area contributed by atoms with Crippen molar-refractivity contribution >= 4 is 5.91 Å². The van der Waals surface area contributed by atoms with Gasteiger partial charge in [0.05, 0.1) is 0 Å². The molecule has 0 aliphatic carbocycles. The summed E-state index contributed by atoms with van der Waals surface area (Å²) in [7, 11) is 0. The Hall–Kier alpha value is -1.91. The summed E-state index contributed by atoms with van der Waals surface area (Å²) in [4.78, 5) is 16.5. The lowest BCUT2D eigenvalue weighted by Gasteiger charge is -2.34. The molecule has 1 aliphatic heterocycles. The number of piperazine rings is 1. The zero-order valence-corrected chi connectivity index (χ0v) is 13.9. The van der Waals surface area contributed by atoms with Gasteiger partial charge in [0, 0.05) is 51.9 Å². The van der Waals surface area contributed by atoms with E-state index in [4.69, 9.17) is 0 Å². The van der Waals surface area contributed by atoms with Crippen LogP contribution >= 0.6 is 0 Å². The van der Waals surface area contributed by atoms with Crippen molar-refractivity contribution in [1.29, 1.82) is 0 Å². The third kappa shape index (κ3) is 6.80. The SMILES string of the molecule is C/C=C/C=C/C(=O)NCCN1CCN(Cc2ccccc2)CC1. The van der Waals surface area contributed by atoms with Crippen LogP contribution in [0.2, 0.25) is 0 Å². The molecule has 124 valence electrons. The molecule has 1 saturated heterocycles. The van der Waals surface area contributed by atoms with Gasteiger partial charge in [-0.1, -0.05) is 48.6 Å². The highest BCUT2D eigenvalue weighted by Crippen LogP contribution is 2.07. The minimum atomic E-state index is -0.0224. The summed E-state index contributed by atoms with van der Waals surface area (Å²) in [5, 5.41) is 2.93. The number of rotatable bonds is 7. The molecule has 4 heteroatoms. The number of nitrogens with one attached hydrogen (secondary N) is 1. The van der Waals surface area contributed by atoms with Gasteiger partial charge in [-0.15, -0.1) is 0 Å². The topological polar surface area (TPSA) is 35.6 Å². The second-order valence-electron chi connectivity index (χ2n) is 5.78. The molecule has 1 amide bonds. The monoisotopic (exact) mass is 313 g/mol. The molecule has 0 unspecified atom stereocenters. The molecule has 1 N–H and O–H groups in total. The van der Waals surface area contributed by atoms with E-state index in [0.29, 0.717) is 6.54 Å². The van der Waals surface area contributed by atoms with Crippen molar-refractivity contribution in [2.45, 2.75) is 13.5 Å². The Bertz CT molecular complexity index is 517. The van der Waals surface area contributed by atoms with E-state index in [0.717, 1.165) is 39.3 Å². The number of amides is 1. The summed E-state index contributed by atoms with van der Waals surface area (Å²) in [5.41, 5.74) is 1.38. The van der Waals surface area contributed by atoms with E-state index in [-0.39, 0.29) is 5.91 Å². The van der Waals surface area contributed by atoms with Crippen molar-refractivity contribution in [3.05, 3.63) is 60.2 Å². The van der Waals surface area contributed by atoms with Crippen LogP contribution in [-0.4, -0.2) is 55.0 Å². The molecule has 1 aromatic carbocycles. The van der Waals surface area contributed by atoms with Crippen LogP contribution in [0.3, 0.4) is 0 Å². The molecule has 0 atom stereocenters. The van der Waals surface area contributed by atoms with Crippen molar-refractivity contribution in [2.24, 2.45) is 0 Å². The Kier molecular flexibility index (Phi) is 7.57. The zero-order valence-electron chi connectivity index (χ0n) is 13.9. The van der Waals surface area contributed by atoms with Crippen molar-refractivity contribution in [3.8, 4) is 0 Å². The van der Waals surface area contributed by atoms with Crippen molar-refractivity contribution < 1.29 is 4.79 Å². The van der Waals surface area contributed by atoms with E-state index in [1.165, 1.54) is 5.56 Å². The first kappa shape index (κ1) is 17.4. The third-order valence-corrected chi connectivity index (χ3v) is 3.99. The van der Waals surface area contributed by atoms with Gasteiger partial charge < -0.3 is 5.32 Å². The molecule has 1 fully saturated rings. The van der Waals surface area contributed by atoms with Gasteiger partial charge in [0.15, 0.2) is 0 Å². The quantitative estimate of drug-likeness (QED) is 0.618. The summed E-state index contributed by atoms with van der Waals surface area (Å²) in [5.74, 6) is -0.0224. The number of allylic oxidation sites excluding steroid dienone is 3. The highest BCUT2D eigenvalue weighted by atomic mass is 16.1. The average molecular weight is 313 g/mol. The molecule has 0 bridgehead atoms. The van der Waals surface area contributed by atoms with E-state index in [1.807, 2.05) is 19.1 Å². The zero-order chi connectivity index (χ0) is 16.3. The summed E-state index contributed by atoms with van der Waals surface area (Å²) < 4.78 is 0. The second-order valence-corrected chi connectivity index (χ2v) is 5.78. The fraction of sp³-hybridized carbons (Fsp3) is 0.421.